The Morgan fingerprint density at radius 2 is 1.50 bits per heavy atom. The number of esters is 3. The lowest BCUT2D eigenvalue weighted by Gasteiger charge is -2.10. The summed E-state index contributed by atoms with van der Waals surface area (Å²) in [6, 6.07) is 18.1. The third kappa shape index (κ3) is 5.41. The van der Waals surface area contributed by atoms with Gasteiger partial charge >= 0.3 is 17.9 Å². The summed E-state index contributed by atoms with van der Waals surface area (Å²) in [6.45, 7) is 1.28. The molecule has 0 saturated heterocycles. The largest absolute Gasteiger partial charge is 0.493 e. The van der Waals surface area contributed by atoms with Gasteiger partial charge < -0.3 is 23.7 Å². The molecule has 0 fully saturated rings. The van der Waals surface area contributed by atoms with Gasteiger partial charge in [0.05, 0.1) is 19.8 Å². The summed E-state index contributed by atoms with van der Waals surface area (Å²) in [7, 11) is 2.87. The Morgan fingerprint density at radius 3 is 2.19 bits per heavy atom. The summed E-state index contributed by atoms with van der Waals surface area (Å²) in [6.07, 6.45) is 1.52. The van der Waals surface area contributed by atoms with Crippen LogP contribution in [0.5, 0.6) is 23.0 Å². The van der Waals surface area contributed by atoms with E-state index < -0.39 is 17.9 Å². The highest BCUT2D eigenvalue weighted by molar-refractivity contribution is 6.13. The molecule has 182 valence electrons. The molecule has 9 heteroatoms. The van der Waals surface area contributed by atoms with Crippen LogP contribution in [0.4, 0.5) is 0 Å². The van der Waals surface area contributed by atoms with E-state index in [9.17, 15) is 14.4 Å². The van der Waals surface area contributed by atoms with Crippen molar-refractivity contribution in [3.63, 3.8) is 0 Å². The predicted molar refractivity (Wildman–Crippen MR) is 129 cm³/mol. The number of methoxy groups -OCH3 is 2. The number of ether oxygens (including phenoxy) is 5. The SMILES string of the molecule is COc1cc(C2=N/C(=C\c3ccc(OC(=O)c4ccccc4)c(OC)c3)C(=O)O2)ccc1OC(C)=O. The van der Waals surface area contributed by atoms with Crippen molar-refractivity contribution in [3.05, 3.63) is 89.1 Å². The molecule has 0 bridgehead atoms. The smallest absolute Gasteiger partial charge is 0.363 e. The first-order valence-corrected chi connectivity index (χ1v) is 10.7. The van der Waals surface area contributed by atoms with Gasteiger partial charge in [-0.1, -0.05) is 24.3 Å². The summed E-state index contributed by atoms with van der Waals surface area (Å²) >= 11 is 0. The topological polar surface area (TPSA) is 110 Å². The van der Waals surface area contributed by atoms with E-state index in [0.717, 1.165) is 0 Å². The van der Waals surface area contributed by atoms with E-state index in [1.165, 1.54) is 33.3 Å². The normalized spacial score (nSPS) is 13.6. The molecule has 4 rings (SSSR count). The van der Waals surface area contributed by atoms with Crippen LogP contribution in [0.3, 0.4) is 0 Å². The lowest BCUT2D eigenvalue weighted by Crippen LogP contribution is -2.09. The van der Waals surface area contributed by atoms with Gasteiger partial charge in [-0.2, -0.15) is 0 Å². The van der Waals surface area contributed by atoms with Crippen molar-refractivity contribution < 1.29 is 38.1 Å². The molecular weight excluding hydrogens is 466 g/mol. The monoisotopic (exact) mass is 487 g/mol. The van der Waals surface area contributed by atoms with Crippen LogP contribution in [0, 0.1) is 0 Å². The zero-order valence-electron chi connectivity index (χ0n) is 19.6. The zero-order chi connectivity index (χ0) is 25.7. The summed E-state index contributed by atoms with van der Waals surface area (Å²) in [5.41, 5.74) is 1.49. The van der Waals surface area contributed by atoms with Crippen molar-refractivity contribution in [3.8, 4) is 23.0 Å². The minimum atomic E-state index is -0.647. The highest BCUT2D eigenvalue weighted by Gasteiger charge is 2.25. The number of hydrogen-bond donors (Lipinski definition) is 0. The van der Waals surface area contributed by atoms with Crippen LogP contribution in [-0.4, -0.2) is 38.0 Å². The quantitative estimate of drug-likeness (QED) is 0.277. The highest BCUT2D eigenvalue weighted by Crippen LogP contribution is 2.32. The summed E-state index contributed by atoms with van der Waals surface area (Å²) < 4.78 is 26.5. The Labute approximate surface area is 206 Å². The fourth-order valence-corrected chi connectivity index (χ4v) is 3.32. The molecule has 9 nitrogen and oxygen atoms in total. The summed E-state index contributed by atoms with van der Waals surface area (Å²) in [5, 5.41) is 0. The van der Waals surface area contributed by atoms with Gasteiger partial charge in [-0.3, -0.25) is 4.79 Å². The zero-order valence-corrected chi connectivity index (χ0v) is 19.6. The summed E-state index contributed by atoms with van der Waals surface area (Å²) in [5.74, 6) is -0.553. The number of rotatable bonds is 7. The molecule has 0 aliphatic carbocycles. The number of carbonyl (C=O) groups excluding carboxylic acids is 3. The summed E-state index contributed by atoms with van der Waals surface area (Å²) in [4.78, 5) is 40.4. The van der Waals surface area contributed by atoms with E-state index in [-0.39, 0.29) is 28.8 Å². The second-order valence-electron chi connectivity index (χ2n) is 7.46. The third-order valence-electron chi connectivity index (χ3n) is 4.99. The van der Waals surface area contributed by atoms with E-state index in [1.807, 2.05) is 0 Å². The van der Waals surface area contributed by atoms with Crippen LogP contribution in [0.25, 0.3) is 6.08 Å². The van der Waals surface area contributed by atoms with Gasteiger partial charge in [0, 0.05) is 12.5 Å². The van der Waals surface area contributed by atoms with Crippen molar-refractivity contribution in [1.29, 1.82) is 0 Å². The number of nitrogens with zero attached hydrogens (tertiary/aromatic N) is 1. The van der Waals surface area contributed by atoms with Gasteiger partial charge in [-0.15, -0.1) is 0 Å². The molecule has 0 aromatic heterocycles. The van der Waals surface area contributed by atoms with Crippen LogP contribution in [0.15, 0.2) is 77.4 Å². The standard InChI is InChI=1S/C27H21NO8/c1-16(29)34-21-12-10-19(15-24(21)33-3)25-28-20(27(31)36-25)13-17-9-11-22(23(14-17)32-2)35-26(30)18-7-5-4-6-8-18/h4-15H,1-3H3/b20-13-. The van der Waals surface area contributed by atoms with Crippen molar-refractivity contribution in [2.75, 3.05) is 14.2 Å². The number of hydrogen-bond acceptors (Lipinski definition) is 9. The third-order valence-corrected chi connectivity index (χ3v) is 4.99. The van der Waals surface area contributed by atoms with Gasteiger partial charge in [0.25, 0.3) is 0 Å². The fraction of sp³-hybridized carbons (Fsp3) is 0.111. The Kier molecular flexibility index (Phi) is 7.10. The molecular formula is C27H21NO8. The molecule has 0 unspecified atom stereocenters. The van der Waals surface area contributed by atoms with E-state index in [1.54, 1.807) is 60.7 Å². The molecule has 1 aliphatic heterocycles. The minimum Gasteiger partial charge on any atom is -0.493 e. The number of carbonyl (C=O) groups is 3. The fourth-order valence-electron chi connectivity index (χ4n) is 3.32. The van der Waals surface area contributed by atoms with Gasteiger partial charge in [0.2, 0.25) is 5.90 Å². The maximum atomic E-state index is 12.4. The van der Waals surface area contributed by atoms with Crippen molar-refractivity contribution in [2.24, 2.45) is 4.99 Å². The second-order valence-corrected chi connectivity index (χ2v) is 7.46. The van der Waals surface area contributed by atoms with Crippen LogP contribution in [0.2, 0.25) is 0 Å². The van der Waals surface area contributed by atoms with Crippen molar-refractivity contribution >= 4 is 29.9 Å². The number of benzene rings is 3. The first kappa shape index (κ1) is 24.2. The lowest BCUT2D eigenvalue weighted by molar-refractivity contribution is -0.132. The molecule has 3 aromatic carbocycles. The minimum absolute atomic E-state index is 0.0594. The molecule has 0 atom stereocenters. The molecule has 1 aliphatic rings. The molecule has 3 aromatic rings. The van der Waals surface area contributed by atoms with Gasteiger partial charge in [-0.05, 0) is 54.1 Å². The molecule has 36 heavy (non-hydrogen) atoms. The Balaban J connectivity index is 1.57. The Hall–Kier alpha value is -4.92. The number of aliphatic imine (C=N–C) groups is 1. The van der Waals surface area contributed by atoms with Crippen molar-refractivity contribution in [1.82, 2.24) is 0 Å². The van der Waals surface area contributed by atoms with Crippen LogP contribution in [0.1, 0.15) is 28.4 Å². The molecule has 0 amide bonds. The molecule has 0 saturated carbocycles. The molecule has 0 N–H and O–H groups in total. The second kappa shape index (κ2) is 10.6. The van der Waals surface area contributed by atoms with E-state index in [2.05, 4.69) is 4.99 Å². The maximum Gasteiger partial charge on any atom is 0.363 e. The van der Waals surface area contributed by atoms with Gasteiger partial charge in [0.1, 0.15) is 0 Å². The predicted octanol–water partition coefficient (Wildman–Crippen LogP) is 4.19. The average molecular weight is 487 g/mol. The van der Waals surface area contributed by atoms with Gasteiger partial charge in [-0.25, -0.2) is 14.6 Å². The first-order chi connectivity index (χ1) is 17.4. The highest BCUT2D eigenvalue weighted by atomic mass is 16.6. The maximum absolute atomic E-state index is 12.4. The Bertz CT molecular complexity index is 1390. The number of cyclic esters (lactones) is 1. The Morgan fingerprint density at radius 1 is 0.833 bits per heavy atom. The molecule has 1 heterocycles. The molecule has 0 radical (unpaired) electrons. The average Bonchev–Trinajstić information content (AvgIpc) is 3.25. The van der Waals surface area contributed by atoms with E-state index in [4.69, 9.17) is 23.7 Å². The van der Waals surface area contributed by atoms with Crippen molar-refractivity contribution in [2.45, 2.75) is 6.92 Å². The lowest BCUT2D eigenvalue weighted by atomic mass is 10.1. The molecule has 0 spiro atoms. The van der Waals surface area contributed by atoms with Crippen LogP contribution in [-0.2, 0) is 14.3 Å². The van der Waals surface area contributed by atoms with Crippen LogP contribution >= 0.6 is 0 Å². The first-order valence-electron chi connectivity index (χ1n) is 10.7. The van der Waals surface area contributed by atoms with Crippen LogP contribution < -0.4 is 18.9 Å². The van der Waals surface area contributed by atoms with E-state index in [0.29, 0.717) is 22.4 Å². The van der Waals surface area contributed by atoms with Gasteiger partial charge in [0.15, 0.2) is 28.7 Å². The van der Waals surface area contributed by atoms with E-state index >= 15 is 0 Å².